The standard InChI is InChI=1S/C21H27F3N4O4/c1-32-17-15-12(19(30)26-20(31)28(15)10-4-5-10)14(25)13(22)16(17)27-7-9-3-2-6-21(23,24)18(29)11(9)8-27/h9-11,13,16,18,29H,2-8,25H2,1H3,(H,26,30,31). The van der Waals surface area contributed by atoms with Gasteiger partial charge >= 0.3 is 5.69 Å². The first-order chi connectivity index (χ1) is 15.2. The number of aliphatic hydroxyl groups excluding tert-OH is 1. The van der Waals surface area contributed by atoms with Gasteiger partial charge < -0.3 is 15.6 Å². The molecule has 3 fully saturated rings. The van der Waals surface area contributed by atoms with E-state index in [9.17, 15) is 23.5 Å². The maximum Gasteiger partial charge on any atom is 0.329 e. The van der Waals surface area contributed by atoms with Crippen LogP contribution in [0.5, 0.6) is 0 Å². The number of aromatic nitrogens is 2. The zero-order valence-electron chi connectivity index (χ0n) is 17.7. The zero-order valence-corrected chi connectivity index (χ0v) is 17.7. The summed E-state index contributed by atoms with van der Waals surface area (Å²) in [5.74, 6) is -4.04. The van der Waals surface area contributed by atoms with Crippen molar-refractivity contribution in [1.82, 2.24) is 14.5 Å². The minimum absolute atomic E-state index is 0.0405. The predicted molar refractivity (Wildman–Crippen MR) is 109 cm³/mol. The number of ether oxygens (including phenoxy) is 1. The molecule has 1 aromatic heterocycles. The summed E-state index contributed by atoms with van der Waals surface area (Å²) in [4.78, 5) is 29.0. The Bertz CT molecular complexity index is 1170. The molecule has 5 unspecified atom stereocenters. The largest absolute Gasteiger partial charge is 0.497 e. The smallest absolute Gasteiger partial charge is 0.329 e. The monoisotopic (exact) mass is 456 g/mol. The Morgan fingerprint density at radius 3 is 2.59 bits per heavy atom. The van der Waals surface area contributed by atoms with Gasteiger partial charge in [0.05, 0.1) is 23.4 Å². The SMILES string of the molecule is COC1=c2c(c(=O)[nH]c(=O)n2C2CC2)=C(N)C(F)C1N1CC2CCCC(F)(F)C(O)C2C1. The second-order valence-electron chi connectivity index (χ2n) is 9.43. The Morgan fingerprint density at radius 1 is 1.22 bits per heavy atom. The molecular weight excluding hydrogens is 429 g/mol. The lowest BCUT2D eigenvalue weighted by Crippen LogP contribution is -2.63. The average Bonchev–Trinajstić information content (AvgIpc) is 3.49. The van der Waals surface area contributed by atoms with Crippen LogP contribution in [-0.2, 0) is 4.74 Å². The van der Waals surface area contributed by atoms with Crippen molar-refractivity contribution in [3.63, 3.8) is 0 Å². The van der Waals surface area contributed by atoms with Crippen molar-refractivity contribution < 1.29 is 23.0 Å². The Balaban J connectivity index is 1.65. The van der Waals surface area contributed by atoms with Gasteiger partial charge in [-0.1, -0.05) is 0 Å². The van der Waals surface area contributed by atoms with Gasteiger partial charge in [-0.05, 0) is 31.6 Å². The molecular formula is C21H27F3N4O4. The number of nitrogens with two attached hydrogens (primary N) is 1. The van der Waals surface area contributed by atoms with Gasteiger partial charge in [-0.15, -0.1) is 0 Å². The normalized spacial score (nSPS) is 34.7. The fraction of sp³-hybridized carbons (Fsp3) is 0.714. The summed E-state index contributed by atoms with van der Waals surface area (Å²) in [5.41, 5.74) is 4.39. The second kappa shape index (κ2) is 7.38. The number of nitrogens with zero attached hydrogens (tertiary/aromatic N) is 2. The van der Waals surface area contributed by atoms with Crippen LogP contribution in [0, 0.1) is 11.8 Å². The third kappa shape index (κ3) is 3.12. The number of fused-ring (bicyclic) bond motifs is 2. The van der Waals surface area contributed by atoms with Crippen LogP contribution < -0.4 is 27.6 Å². The van der Waals surface area contributed by atoms with Crippen LogP contribution in [0.2, 0.25) is 0 Å². The molecule has 5 atom stereocenters. The van der Waals surface area contributed by atoms with Crippen LogP contribution >= 0.6 is 0 Å². The van der Waals surface area contributed by atoms with Gasteiger partial charge in [0.15, 0.2) is 6.17 Å². The highest BCUT2D eigenvalue weighted by atomic mass is 19.3. The molecule has 1 saturated heterocycles. The number of rotatable bonds is 3. The van der Waals surface area contributed by atoms with Crippen molar-refractivity contribution in [3.05, 3.63) is 31.4 Å². The van der Waals surface area contributed by atoms with Crippen molar-refractivity contribution in [1.29, 1.82) is 0 Å². The molecule has 2 heterocycles. The van der Waals surface area contributed by atoms with Crippen molar-refractivity contribution in [2.24, 2.45) is 17.6 Å². The summed E-state index contributed by atoms with van der Waals surface area (Å²) < 4.78 is 51.3. The Labute approximate surface area is 181 Å². The van der Waals surface area contributed by atoms with Gasteiger partial charge in [0, 0.05) is 31.5 Å². The van der Waals surface area contributed by atoms with Gasteiger partial charge in [0.2, 0.25) is 0 Å². The Morgan fingerprint density at radius 2 is 1.94 bits per heavy atom. The van der Waals surface area contributed by atoms with Crippen LogP contribution in [0.4, 0.5) is 13.2 Å². The molecule has 4 aliphatic rings. The van der Waals surface area contributed by atoms with Crippen molar-refractivity contribution in [2.45, 2.75) is 62.4 Å². The maximum atomic E-state index is 15.7. The number of methoxy groups -OCH3 is 1. The first-order valence-electron chi connectivity index (χ1n) is 11.0. The van der Waals surface area contributed by atoms with E-state index in [0.29, 0.717) is 6.42 Å². The van der Waals surface area contributed by atoms with Gasteiger partial charge in [-0.25, -0.2) is 18.0 Å². The van der Waals surface area contributed by atoms with Gasteiger partial charge in [-0.3, -0.25) is 19.2 Å². The highest BCUT2D eigenvalue weighted by Gasteiger charge is 2.53. The third-order valence-electron chi connectivity index (χ3n) is 7.48. The van der Waals surface area contributed by atoms with E-state index >= 15 is 4.39 Å². The molecule has 1 aromatic rings. The fourth-order valence-electron chi connectivity index (χ4n) is 5.77. The van der Waals surface area contributed by atoms with E-state index in [-0.39, 0.29) is 59.9 Å². The first-order valence-corrected chi connectivity index (χ1v) is 11.0. The van der Waals surface area contributed by atoms with E-state index in [1.165, 1.54) is 11.7 Å². The number of alkyl halides is 3. The molecule has 176 valence electrons. The zero-order chi connectivity index (χ0) is 22.9. The molecule has 2 saturated carbocycles. The number of halogens is 3. The van der Waals surface area contributed by atoms with E-state index in [1.807, 2.05) is 0 Å². The van der Waals surface area contributed by atoms with Crippen LogP contribution in [0.25, 0.3) is 11.5 Å². The molecule has 0 amide bonds. The van der Waals surface area contributed by atoms with Gasteiger partial charge in [0.25, 0.3) is 11.5 Å². The van der Waals surface area contributed by atoms with E-state index in [0.717, 1.165) is 12.8 Å². The molecule has 1 aliphatic heterocycles. The molecule has 4 N–H and O–H groups in total. The maximum absolute atomic E-state index is 15.7. The summed E-state index contributed by atoms with van der Waals surface area (Å²) >= 11 is 0. The highest BCUT2D eigenvalue weighted by Crippen LogP contribution is 2.44. The lowest BCUT2D eigenvalue weighted by atomic mass is 9.88. The van der Waals surface area contributed by atoms with Crippen molar-refractivity contribution >= 4 is 11.5 Å². The van der Waals surface area contributed by atoms with E-state index in [1.54, 1.807) is 4.90 Å². The van der Waals surface area contributed by atoms with Gasteiger partial charge in [-0.2, -0.15) is 0 Å². The van der Waals surface area contributed by atoms with Crippen LogP contribution in [0.3, 0.4) is 0 Å². The van der Waals surface area contributed by atoms with Crippen LogP contribution in [0.15, 0.2) is 9.59 Å². The summed E-state index contributed by atoms with van der Waals surface area (Å²) in [6.45, 7) is 0.327. The molecule has 3 aliphatic carbocycles. The minimum Gasteiger partial charge on any atom is -0.497 e. The topological polar surface area (TPSA) is 114 Å². The summed E-state index contributed by atoms with van der Waals surface area (Å²) in [6.07, 6.45) is -1.77. The molecule has 0 radical (unpaired) electrons. The number of likely N-dealkylation sites (tertiary alicyclic amines) is 1. The molecule has 0 bridgehead atoms. The second-order valence-corrected chi connectivity index (χ2v) is 9.43. The number of nitrogens with one attached hydrogen (secondary N) is 1. The predicted octanol–water partition coefficient (Wildman–Crippen LogP) is -0.859. The molecule has 0 aromatic carbocycles. The molecule has 8 nitrogen and oxygen atoms in total. The number of hydrogen-bond donors (Lipinski definition) is 3. The quantitative estimate of drug-likeness (QED) is 0.546. The van der Waals surface area contributed by atoms with E-state index in [2.05, 4.69) is 4.98 Å². The Hall–Kier alpha value is -2.27. The van der Waals surface area contributed by atoms with Gasteiger partial charge in [0.1, 0.15) is 17.9 Å². The van der Waals surface area contributed by atoms with E-state index < -0.39 is 41.4 Å². The number of hydrogen-bond acceptors (Lipinski definition) is 6. The fourth-order valence-corrected chi connectivity index (χ4v) is 5.77. The van der Waals surface area contributed by atoms with E-state index in [4.69, 9.17) is 10.5 Å². The molecule has 5 rings (SSSR count). The third-order valence-corrected chi connectivity index (χ3v) is 7.48. The van der Waals surface area contributed by atoms with Crippen molar-refractivity contribution in [3.8, 4) is 0 Å². The molecule has 32 heavy (non-hydrogen) atoms. The summed E-state index contributed by atoms with van der Waals surface area (Å²) in [7, 11) is 1.33. The number of H-pyrrole nitrogens is 1. The van der Waals surface area contributed by atoms with Crippen molar-refractivity contribution in [2.75, 3.05) is 20.2 Å². The highest BCUT2D eigenvalue weighted by molar-refractivity contribution is 5.60. The summed E-state index contributed by atoms with van der Waals surface area (Å²) in [5, 5.41) is 10.4. The molecule has 0 spiro atoms. The number of aromatic amines is 1. The molecule has 11 heteroatoms. The minimum atomic E-state index is -3.19. The number of aliphatic hydroxyl groups is 1. The Kier molecular flexibility index (Phi) is 4.97. The average molecular weight is 456 g/mol. The van der Waals surface area contributed by atoms with Crippen LogP contribution in [0.1, 0.15) is 38.1 Å². The summed E-state index contributed by atoms with van der Waals surface area (Å²) in [6, 6.07) is -1.22. The lowest BCUT2D eigenvalue weighted by molar-refractivity contribution is -0.132. The van der Waals surface area contributed by atoms with Crippen LogP contribution in [-0.4, -0.2) is 64.0 Å². The first kappa shape index (κ1) is 21.6. The lowest BCUT2D eigenvalue weighted by Gasteiger charge is -2.35.